The average molecular weight is 497 g/mol. The molecule has 1 fully saturated rings. The number of ether oxygens (including phenoxy) is 2. The molecule has 0 unspecified atom stereocenters. The van der Waals surface area contributed by atoms with Gasteiger partial charge in [-0.3, -0.25) is 4.79 Å². The minimum absolute atomic E-state index is 0.0862. The molecular formula is C29H28N4O4. The molecule has 0 aliphatic carbocycles. The zero-order chi connectivity index (χ0) is 25.5. The Kier molecular flexibility index (Phi) is 7.75. The van der Waals surface area contributed by atoms with Crippen molar-refractivity contribution in [3.8, 4) is 23.2 Å². The van der Waals surface area contributed by atoms with Crippen molar-refractivity contribution in [1.29, 1.82) is 0 Å². The van der Waals surface area contributed by atoms with E-state index in [2.05, 4.69) is 22.0 Å². The zero-order valence-corrected chi connectivity index (χ0v) is 20.4. The highest BCUT2D eigenvalue weighted by atomic mass is 16.7. The van der Waals surface area contributed by atoms with Crippen molar-refractivity contribution < 1.29 is 18.8 Å². The summed E-state index contributed by atoms with van der Waals surface area (Å²) < 4.78 is 19.4. The molecule has 3 heterocycles. The number of aromatic nitrogens is 3. The van der Waals surface area contributed by atoms with Crippen LogP contribution in [0.3, 0.4) is 0 Å². The van der Waals surface area contributed by atoms with Crippen molar-refractivity contribution in [3.05, 3.63) is 95.7 Å². The molecule has 0 bridgehead atoms. The Morgan fingerprint density at radius 2 is 2.08 bits per heavy atom. The van der Waals surface area contributed by atoms with E-state index >= 15 is 0 Å². The van der Waals surface area contributed by atoms with Gasteiger partial charge in [0.1, 0.15) is 5.69 Å². The van der Waals surface area contributed by atoms with E-state index in [1.807, 2.05) is 47.2 Å². The van der Waals surface area contributed by atoms with Gasteiger partial charge in [0.25, 0.3) is 0 Å². The fourth-order valence-corrected chi connectivity index (χ4v) is 4.34. The summed E-state index contributed by atoms with van der Waals surface area (Å²) in [5, 5.41) is 4.37. The Morgan fingerprint density at radius 1 is 1.16 bits per heavy atom. The third-order valence-corrected chi connectivity index (χ3v) is 6.27. The highest BCUT2D eigenvalue weighted by Crippen LogP contribution is 2.28. The van der Waals surface area contributed by atoms with Gasteiger partial charge in [-0.1, -0.05) is 41.3 Å². The minimum Gasteiger partial charge on any atom is -0.366 e. The van der Waals surface area contributed by atoms with Gasteiger partial charge in [-0.25, -0.2) is 4.98 Å². The number of amides is 1. The number of nitrogens with zero attached hydrogens (tertiary/aromatic N) is 3. The van der Waals surface area contributed by atoms with Crippen LogP contribution in [0.15, 0.2) is 77.8 Å². The number of imidazole rings is 1. The molecule has 2 N–H and O–H groups in total. The quantitative estimate of drug-likeness (QED) is 0.359. The van der Waals surface area contributed by atoms with Crippen molar-refractivity contribution in [3.63, 3.8) is 0 Å². The summed E-state index contributed by atoms with van der Waals surface area (Å²) in [6.45, 7) is 1.29. The third kappa shape index (κ3) is 6.15. The Balaban J connectivity index is 1.33. The van der Waals surface area contributed by atoms with Gasteiger partial charge < -0.3 is 24.3 Å². The van der Waals surface area contributed by atoms with Crippen molar-refractivity contribution in [1.82, 2.24) is 14.7 Å². The maximum atomic E-state index is 11.7. The Morgan fingerprint density at radius 3 is 2.89 bits per heavy atom. The van der Waals surface area contributed by atoms with Crippen LogP contribution in [-0.4, -0.2) is 40.1 Å². The van der Waals surface area contributed by atoms with Crippen molar-refractivity contribution in [2.24, 2.45) is 5.73 Å². The van der Waals surface area contributed by atoms with Crippen LogP contribution >= 0.6 is 0 Å². The molecule has 2 aromatic carbocycles. The topological polar surface area (TPSA) is 105 Å². The summed E-state index contributed by atoms with van der Waals surface area (Å²) in [6, 6.07) is 16.6. The van der Waals surface area contributed by atoms with Crippen LogP contribution in [-0.2, 0) is 9.47 Å². The largest absolute Gasteiger partial charge is 0.366 e. The molecule has 2 aromatic heterocycles. The predicted molar refractivity (Wildman–Crippen MR) is 137 cm³/mol. The van der Waals surface area contributed by atoms with Gasteiger partial charge in [-0.15, -0.1) is 0 Å². The Hall–Kier alpha value is -4.19. The number of carbonyl (C=O) groups excluding carboxylic acids is 1. The van der Waals surface area contributed by atoms with E-state index in [1.54, 1.807) is 30.7 Å². The summed E-state index contributed by atoms with van der Waals surface area (Å²) in [6.07, 6.45) is 9.15. The van der Waals surface area contributed by atoms with Crippen molar-refractivity contribution in [2.75, 3.05) is 13.2 Å². The monoisotopic (exact) mass is 496 g/mol. The number of benzene rings is 2. The molecule has 5 rings (SSSR count). The summed E-state index contributed by atoms with van der Waals surface area (Å²) in [7, 11) is 0. The summed E-state index contributed by atoms with van der Waals surface area (Å²) in [4.78, 5) is 15.9. The number of primary amides is 1. The van der Waals surface area contributed by atoms with E-state index < -0.39 is 5.91 Å². The first kappa shape index (κ1) is 24.5. The lowest BCUT2D eigenvalue weighted by Gasteiger charge is -2.24. The van der Waals surface area contributed by atoms with Crippen LogP contribution in [0.1, 0.15) is 58.9 Å². The van der Waals surface area contributed by atoms with Gasteiger partial charge in [-0.05, 0) is 49.9 Å². The maximum absolute atomic E-state index is 11.7. The maximum Gasteiger partial charge on any atom is 0.249 e. The zero-order valence-electron chi connectivity index (χ0n) is 20.4. The van der Waals surface area contributed by atoms with E-state index in [1.165, 1.54) is 0 Å². The van der Waals surface area contributed by atoms with Crippen molar-refractivity contribution in [2.45, 2.75) is 38.0 Å². The second-order valence-electron chi connectivity index (χ2n) is 8.84. The summed E-state index contributed by atoms with van der Waals surface area (Å²) >= 11 is 0. The molecule has 0 saturated carbocycles. The van der Waals surface area contributed by atoms with E-state index in [4.69, 9.17) is 19.7 Å². The summed E-state index contributed by atoms with van der Waals surface area (Å²) in [5.41, 5.74) is 8.87. The number of nitrogens with two attached hydrogens (primary N) is 1. The number of carbonyl (C=O) groups is 1. The van der Waals surface area contributed by atoms with Crippen LogP contribution in [0.4, 0.5) is 0 Å². The van der Waals surface area contributed by atoms with Crippen LogP contribution in [0, 0.1) is 11.8 Å². The second-order valence-corrected chi connectivity index (χ2v) is 8.84. The minimum atomic E-state index is -0.503. The lowest BCUT2D eigenvalue weighted by atomic mass is 10.0. The molecule has 2 atom stereocenters. The van der Waals surface area contributed by atoms with Gasteiger partial charge >= 0.3 is 0 Å². The highest BCUT2D eigenvalue weighted by Gasteiger charge is 2.21. The Bertz CT molecular complexity index is 1390. The first-order valence-corrected chi connectivity index (χ1v) is 12.4. The van der Waals surface area contributed by atoms with Gasteiger partial charge in [0.2, 0.25) is 5.91 Å². The summed E-state index contributed by atoms with van der Waals surface area (Å²) in [5.74, 6) is 6.30. The van der Waals surface area contributed by atoms with Crippen LogP contribution in [0.2, 0.25) is 0 Å². The first-order valence-electron chi connectivity index (χ1n) is 12.4. The highest BCUT2D eigenvalue weighted by molar-refractivity contribution is 5.95. The standard InChI is InChI=1S/C29H28N4O4/c30-29(34)24-9-2-1-7-22(24)12-11-21-6-5-8-23(18-21)27-19-25(32-37-27)26(33-15-14-31-20-33)13-17-36-28-10-3-4-16-35-28/h1-2,5-9,14-15,18-20,26,28H,3-4,10,13,16-17H2,(H2,30,34)/t26-,28-/m0/s1. The lowest BCUT2D eigenvalue weighted by Crippen LogP contribution is -2.23. The third-order valence-electron chi connectivity index (χ3n) is 6.27. The van der Waals surface area contributed by atoms with Gasteiger partial charge in [0, 0.05) is 41.8 Å². The molecule has 1 aliphatic rings. The Labute approximate surface area is 215 Å². The number of hydrogen-bond acceptors (Lipinski definition) is 6. The number of hydrogen-bond donors (Lipinski definition) is 1. The number of rotatable bonds is 8. The van der Waals surface area contributed by atoms with Crippen LogP contribution in [0.25, 0.3) is 11.3 Å². The predicted octanol–water partition coefficient (Wildman–Crippen LogP) is 4.56. The molecule has 8 nitrogen and oxygen atoms in total. The fourth-order valence-electron chi connectivity index (χ4n) is 4.34. The van der Waals surface area contributed by atoms with E-state index in [0.717, 1.165) is 42.7 Å². The van der Waals surface area contributed by atoms with Crippen LogP contribution < -0.4 is 5.73 Å². The SMILES string of the molecule is NC(=O)c1ccccc1C#Cc1cccc(-c2cc([C@H](CCO[C@H]3CCCCO3)n3ccnc3)no2)c1. The van der Waals surface area contributed by atoms with Gasteiger partial charge in [0.15, 0.2) is 12.1 Å². The van der Waals surface area contributed by atoms with Crippen molar-refractivity contribution >= 4 is 5.91 Å². The normalized spacial score (nSPS) is 16.1. The van der Waals surface area contributed by atoms with Gasteiger partial charge in [-0.2, -0.15) is 0 Å². The molecule has 188 valence electrons. The molecule has 0 radical (unpaired) electrons. The van der Waals surface area contributed by atoms with Crippen LogP contribution in [0.5, 0.6) is 0 Å². The average Bonchev–Trinajstić information content (AvgIpc) is 3.64. The first-order chi connectivity index (χ1) is 18.2. The molecule has 1 aliphatic heterocycles. The molecule has 1 saturated heterocycles. The van der Waals surface area contributed by atoms with Gasteiger partial charge in [0.05, 0.1) is 24.5 Å². The molecule has 4 aromatic rings. The van der Waals surface area contributed by atoms with E-state index in [9.17, 15) is 4.79 Å². The molecule has 37 heavy (non-hydrogen) atoms. The second kappa shape index (κ2) is 11.7. The van der Waals surface area contributed by atoms with E-state index in [0.29, 0.717) is 29.9 Å². The smallest absolute Gasteiger partial charge is 0.249 e. The van der Waals surface area contributed by atoms with E-state index in [-0.39, 0.29) is 12.3 Å². The molecule has 0 spiro atoms. The molecule has 1 amide bonds. The fraction of sp³-hybridized carbons (Fsp3) is 0.276. The molecule has 8 heteroatoms. The molecular weight excluding hydrogens is 468 g/mol. The lowest BCUT2D eigenvalue weighted by molar-refractivity contribution is -0.163.